The first-order valence-electron chi connectivity index (χ1n) is 2.95. The summed E-state index contributed by atoms with van der Waals surface area (Å²) in [6, 6.07) is 0. The van der Waals surface area contributed by atoms with Gasteiger partial charge in [0.15, 0.2) is 0 Å². The van der Waals surface area contributed by atoms with Crippen molar-refractivity contribution in [2.75, 3.05) is 20.6 Å². The molecule has 8 heavy (non-hydrogen) atoms. The van der Waals surface area contributed by atoms with Crippen LogP contribution in [0.3, 0.4) is 0 Å². The van der Waals surface area contributed by atoms with Crippen LogP contribution in [0.25, 0.3) is 0 Å². The van der Waals surface area contributed by atoms with Crippen molar-refractivity contribution in [1.29, 1.82) is 0 Å². The van der Waals surface area contributed by atoms with Crippen molar-refractivity contribution in [1.82, 2.24) is 4.90 Å². The Labute approximate surface area is 57.5 Å². The highest BCUT2D eigenvalue weighted by atomic mass is 32.1. The van der Waals surface area contributed by atoms with Gasteiger partial charge >= 0.3 is 0 Å². The van der Waals surface area contributed by atoms with Crippen molar-refractivity contribution in [2.24, 2.45) is 0 Å². The van der Waals surface area contributed by atoms with Gasteiger partial charge < -0.3 is 4.90 Å². The Morgan fingerprint density at radius 3 is 2.12 bits per heavy atom. The van der Waals surface area contributed by atoms with Crippen LogP contribution in [0, 0.1) is 0 Å². The summed E-state index contributed by atoms with van der Waals surface area (Å²) in [5.41, 5.74) is 0. The number of hydrogen-bond acceptors (Lipinski definition) is 2. The smallest absolute Gasteiger partial charge is 0.0000569 e. The zero-order valence-electron chi connectivity index (χ0n) is 5.89. The predicted octanol–water partition coefficient (Wildman–Crippen LogP) is 1.26. The van der Waals surface area contributed by atoms with Crippen LogP contribution in [0.1, 0.15) is 13.3 Å². The maximum atomic E-state index is 4.25. The second-order valence-electron chi connectivity index (χ2n) is 2.44. The van der Waals surface area contributed by atoms with Gasteiger partial charge in [0, 0.05) is 5.25 Å². The van der Waals surface area contributed by atoms with Gasteiger partial charge in [-0.25, -0.2) is 0 Å². The minimum atomic E-state index is 0.539. The zero-order valence-corrected chi connectivity index (χ0v) is 6.78. The fourth-order valence-electron chi connectivity index (χ4n) is 0.445. The van der Waals surface area contributed by atoms with E-state index in [9.17, 15) is 0 Å². The van der Waals surface area contributed by atoms with Crippen LogP contribution in [0.2, 0.25) is 0 Å². The molecule has 0 spiro atoms. The number of rotatable bonds is 3. The fourth-order valence-corrected chi connectivity index (χ4v) is 0.561. The van der Waals surface area contributed by atoms with Gasteiger partial charge in [-0.15, -0.1) is 0 Å². The first kappa shape index (κ1) is 8.31. The molecule has 0 amide bonds. The first-order valence-corrected chi connectivity index (χ1v) is 3.47. The number of hydrogen-bond donors (Lipinski definition) is 1. The van der Waals surface area contributed by atoms with E-state index < -0.39 is 0 Å². The highest BCUT2D eigenvalue weighted by molar-refractivity contribution is 7.80. The second-order valence-corrected chi connectivity index (χ2v) is 3.32. The fraction of sp³-hybridized carbons (Fsp3) is 1.00. The van der Waals surface area contributed by atoms with Gasteiger partial charge in [0.05, 0.1) is 0 Å². The Hall–Kier alpha value is 0.310. The van der Waals surface area contributed by atoms with Crippen LogP contribution >= 0.6 is 12.6 Å². The van der Waals surface area contributed by atoms with Crippen LogP contribution in [0.15, 0.2) is 0 Å². The molecule has 0 heterocycles. The van der Waals surface area contributed by atoms with Crippen LogP contribution in [-0.4, -0.2) is 30.8 Å². The summed E-state index contributed by atoms with van der Waals surface area (Å²) in [6.45, 7) is 3.26. The minimum absolute atomic E-state index is 0.539. The molecule has 0 saturated heterocycles. The Kier molecular flexibility index (Phi) is 4.38. The largest absolute Gasteiger partial charge is 0.309 e. The number of nitrogens with zero attached hydrogens (tertiary/aromatic N) is 1. The third-order valence-corrected chi connectivity index (χ3v) is 1.25. The van der Waals surface area contributed by atoms with E-state index in [2.05, 4.69) is 38.5 Å². The monoisotopic (exact) mass is 133 g/mol. The predicted molar refractivity (Wildman–Crippen MR) is 41.6 cm³/mol. The third-order valence-electron chi connectivity index (χ3n) is 0.994. The van der Waals surface area contributed by atoms with E-state index in [1.807, 2.05) is 0 Å². The van der Waals surface area contributed by atoms with Gasteiger partial charge in [-0.1, -0.05) is 6.92 Å². The lowest BCUT2D eigenvalue weighted by molar-refractivity contribution is 0.400. The molecule has 0 radical (unpaired) electrons. The lowest BCUT2D eigenvalue weighted by atomic mass is 10.3. The van der Waals surface area contributed by atoms with Gasteiger partial charge in [-0.3, -0.25) is 0 Å². The van der Waals surface area contributed by atoms with Gasteiger partial charge in [-0.05, 0) is 27.1 Å². The maximum absolute atomic E-state index is 4.25. The summed E-state index contributed by atoms with van der Waals surface area (Å²) in [5, 5.41) is 0.539. The van der Waals surface area contributed by atoms with Crippen LogP contribution in [-0.2, 0) is 0 Å². The minimum Gasteiger partial charge on any atom is -0.309 e. The topological polar surface area (TPSA) is 3.24 Å². The molecule has 0 aliphatic heterocycles. The summed E-state index contributed by atoms with van der Waals surface area (Å²) in [5.74, 6) is 0. The highest BCUT2D eigenvalue weighted by Gasteiger charge is 1.93. The van der Waals surface area contributed by atoms with E-state index in [0.717, 1.165) is 6.54 Å². The Bertz CT molecular complexity index is 44.5. The maximum Gasteiger partial charge on any atom is 0.0000569 e. The molecule has 0 fully saturated rings. The normalized spacial score (nSPS) is 14.6. The molecule has 0 N–H and O–H groups in total. The van der Waals surface area contributed by atoms with E-state index >= 15 is 0 Å². The molecule has 0 aliphatic carbocycles. The highest BCUT2D eigenvalue weighted by Crippen LogP contribution is 1.98. The first-order chi connectivity index (χ1) is 3.63. The van der Waals surface area contributed by atoms with Crippen molar-refractivity contribution in [3.05, 3.63) is 0 Å². The molecule has 0 saturated carbocycles. The van der Waals surface area contributed by atoms with E-state index in [-0.39, 0.29) is 0 Å². The summed E-state index contributed by atoms with van der Waals surface area (Å²) < 4.78 is 0. The molecule has 50 valence electrons. The molecule has 1 nitrogen and oxygen atoms in total. The van der Waals surface area contributed by atoms with E-state index in [0.29, 0.717) is 5.25 Å². The van der Waals surface area contributed by atoms with Gasteiger partial charge in [0.2, 0.25) is 0 Å². The van der Waals surface area contributed by atoms with Crippen LogP contribution in [0.5, 0.6) is 0 Å². The molecule has 0 aromatic carbocycles. The molecular weight excluding hydrogens is 118 g/mol. The van der Waals surface area contributed by atoms with Crippen LogP contribution in [0.4, 0.5) is 0 Å². The standard InChI is InChI=1S/C6H15NS/c1-6(8)4-5-7(2)3/h6,8H,4-5H2,1-3H3/t6-/m1/s1. The number of thiol groups is 1. The Morgan fingerprint density at radius 1 is 1.50 bits per heavy atom. The van der Waals surface area contributed by atoms with Crippen molar-refractivity contribution in [3.63, 3.8) is 0 Å². The summed E-state index contributed by atoms with van der Waals surface area (Å²) in [6.07, 6.45) is 1.18. The molecule has 0 rings (SSSR count). The van der Waals surface area contributed by atoms with E-state index in [4.69, 9.17) is 0 Å². The molecular formula is C6H15NS. The Morgan fingerprint density at radius 2 is 2.00 bits per heavy atom. The average Bonchev–Trinajstić information content (AvgIpc) is 1.61. The lowest BCUT2D eigenvalue weighted by Gasteiger charge is -2.09. The molecule has 0 bridgehead atoms. The van der Waals surface area contributed by atoms with Crippen molar-refractivity contribution in [2.45, 2.75) is 18.6 Å². The average molecular weight is 133 g/mol. The molecule has 0 aromatic rings. The van der Waals surface area contributed by atoms with Gasteiger partial charge in [-0.2, -0.15) is 12.6 Å². The van der Waals surface area contributed by atoms with Crippen molar-refractivity contribution < 1.29 is 0 Å². The molecule has 0 aliphatic rings. The second kappa shape index (κ2) is 4.21. The quantitative estimate of drug-likeness (QED) is 0.567. The molecule has 0 aromatic heterocycles. The van der Waals surface area contributed by atoms with Gasteiger partial charge in [0.1, 0.15) is 0 Å². The van der Waals surface area contributed by atoms with E-state index in [1.54, 1.807) is 0 Å². The Balaban J connectivity index is 2.93. The van der Waals surface area contributed by atoms with E-state index in [1.165, 1.54) is 6.42 Å². The summed E-state index contributed by atoms with van der Waals surface area (Å²) in [4.78, 5) is 2.17. The zero-order chi connectivity index (χ0) is 6.57. The van der Waals surface area contributed by atoms with Gasteiger partial charge in [0.25, 0.3) is 0 Å². The molecule has 0 unspecified atom stereocenters. The molecule has 2 heteroatoms. The SMILES string of the molecule is C[C@@H](S)CCN(C)C. The van der Waals surface area contributed by atoms with Crippen LogP contribution < -0.4 is 0 Å². The lowest BCUT2D eigenvalue weighted by Crippen LogP contribution is -2.15. The summed E-state index contributed by atoms with van der Waals surface area (Å²) in [7, 11) is 4.16. The third kappa shape index (κ3) is 6.31. The molecule has 1 atom stereocenters. The van der Waals surface area contributed by atoms with Crippen molar-refractivity contribution in [3.8, 4) is 0 Å². The van der Waals surface area contributed by atoms with Crippen molar-refractivity contribution >= 4 is 12.6 Å². The summed E-state index contributed by atoms with van der Waals surface area (Å²) >= 11 is 4.25.